The van der Waals surface area contributed by atoms with Crippen molar-refractivity contribution in [2.75, 3.05) is 0 Å². The van der Waals surface area contributed by atoms with Gasteiger partial charge < -0.3 is 0 Å². The Hall–Kier alpha value is -7.26. The predicted octanol–water partition coefficient (Wildman–Crippen LogP) is 8.89. The van der Waals surface area contributed by atoms with Gasteiger partial charge in [0.25, 0.3) is 0 Å². The minimum Gasteiger partial charge on any atom is -0.291 e. The Labute approximate surface area is 291 Å². The molecule has 6 aromatic heterocycles. The molecule has 240 valence electrons. The molecule has 10 aromatic rings. The molecule has 0 bridgehead atoms. The monoisotopic (exact) mass is 657 g/mol. The van der Waals surface area contributed by atoms with Crippen LogP contribution in [0.25, 0.3) is 84.3 Å². The maximum Gasteiger partial charge on any atom is 0.145 e. The molecule has 51 heavy (non-hydrogen) atoms. The van der Waals surface area contributed by atoms with Gasteiger partial charge in [-0.05, 0) is 91.0 Å². The highest BCUT2D eigenvalue weighted by Gasteiger charge is 2.22. The first-order valence-corrected chi connectivity index (χ1v) is 16.6. The van der Waals surface area contributed by atoms with Crippen LogP contribution in [0, 0.1) is 0 Å². The lowest BCUT2D eigenvalue weighted by Gasteiger charge is -2.15. The van der Waals surface area contributed by atoms with Gasteiger partial charge in [-0.25, -0.2) is 15.0 Å². The minimum atomic E-state index is 0.778. The van der Waals surface area contributed by atoms with E-state index in [1.54, 1.807) is 18.6 Å². The summed E-state index contributed by atoms with van der Waals surface area (Å²) in [6, 6.07) is 43.1. The third-order valence-corrected chi connectivity index (χ3v) is 9.10. The minimum absolute atomic E-state index is 0.778. The fourth-order valence-electron chi connectivity index (χ4n) is 6.92. The number of fused-ring (bicyclic) bond motifs is 3. The first-order valence-electron chi connectivity index (χ1n) is 16.6. The SMILES string of the molecule is c1cncc(-n2c(-c3cc(-c4nc5ccccc5n4-c4cccnc4)cc(-c4nc5ccccc5n4-c4cccnc4)c3)nc3ccccc32)c1. The second kappa shape index (κ2) is 11.7. The summed E-state index contributed by atoms with van der Waals surface area (Å²) in [5, 5.41) is 0. The van der Waals surface area contributed by atoms with Gasteiger partial charge in [-0.3, -0.25) is 28.7 Å². The lowest BCUT2D eigenvalue weighted by molar-refractivity contribution is 1.07. The molecule has 0 aliphatic rings. The van der Waals surface area contributed by atoms with E-state index in [9.17, 15) is 0 Å². The molecule has 0 atom stereocenters. The number of pyridine rings is 3. The molecule has 9 nitrogen and oxygen atoms in total. The smallest absolute Gasteiger partial charge is 0.145 e. The van der Waals surface area contributed by atoms with E-state index < -0.39 is 0 Å². The van der Waals surface area contributed by atoms with Crippen molar-refractivity contribution in [2.45, 2.75) is 0 Å². The van der Waals surface area contributed by atoms with Crippen molar-refractivity contribution in [2.24, 2.45) is 0 Å². The molecule has 0 aliphatic heterocycles. The molecular formula is C42H27N9. The fourth-order valence-corrected chi connectivity index (χ4v) is 6.92. The average Bonchev–Trinajstić information content (AvgIpc) is 3.91. The fraction of sp³-hybridized carbons (Fsp3) is 0. The molecule has 0 saturated heterocycles. The van der Waals surface area contributed by atoms with E-state index in [1.807, 2.05) is 91.4 Å². The summed E-state index contributed by atoms with van der Waals surface area (Å²) in [5.41, 5.74) is 11.0. The molecule has 0 amide bonds. The number of benzene rings is 4. The summed E-state index contributed by atoms with van der Waals surface area (Å²) in [6.45, 7) is 0. The molecule has 10 rings (SSSR count). The van der Waals surface area contributed by atoms with Gasteiger partial charge >= 0.3 is 0 Å². The lowest BCUT2D eigenvalue weighted by Crippen LogP contribution is -2.02. The largest absolute Gasteiger partial charge is 0.291 e. The van der Waals surface area contributed by atoms with Crippen LogP contribution in [0.2, 0.25) is 0 Å². The van der Waals surface area contributed by atoms with E-state index in [-0.39, 0.29) is 0 Å². The second-order valence-corrected chi connectivity index (χ2v) is 12.2. The Morgan fingerprint density at radius 2 is 0.647 bits per heavy atom. The summed E-state index contributed by atoms with van der Waals surface area (Å²) in [6.07, 6.45) is 11.0. The molecule has 0 spiro atoms. The first-order chi connectivity index (χ1) is 25.3. The third-order valence-electron chi connectivity index (χ3n) is 9.10. The maximum absolute atomic E-state index is 5.24. The van der Waals surface area contributed by atoms with Crippen LogP contribution in [0.3, 0.4) is 0 Å². The van der Waals surface area contributed by atoms with E-state index in [0.29, 0.717) is 0 Å². The van der Waals surface area contributed by atoms with Gasteiger partial charge in [0, 0.05) is 35.3 Å². The zero-order valence-electron chi connectivity index (χ0n) is 27.1. The van der Waals surface area contributed by atoms with Crippen LogP contribution in [0.5, 0.6) is 0 Å². The van der Waals surface area contributed by atoms with Crippen LogP contribution in [-0.2, 0) is 0 Å². The van der Waals surface area contributed by atoms with Gasteiger partial charge in [-0.1, -0.05) is 36.4 Å². The quantitative estimate of drug-likeness (QED) is 0.177. The Morgan fingerprint density at radius 3 is 0.941 bits per heavy atom. The van der Waals surface area contributed by atoms with Crippen molar-refractivity contribution >= 4 is 33.1 Å². The van der Waals surface area contributed by atoms with Crippen molar-refractivity contribution in [3.05, 3.63) is 165 Å². The number of nitrogens with zero attached hydrogens (tertiary/aromatic N) is 9. The molecular weight excluding hydrogens is 631 g/mol. The topological polar surface area (TPSA) is 92.1 Å². The van der Waals surface area contributed by atoms with Crippen molar-refractivity contribution in [1.29, 1.82) is 0 Å². The van der Waals surface area contributed by atoms with Gasteiger partial charge in [0.1, 0.15) is 17.5 Å². The highest BCUT2D eigenvalue weighted by molar-refractivity contribution is 5.90. The molecule has 6 heterocycles. The molecule has 0 saturated carbocycles. The number of aromatic nitrogens is 9. The van der Waals surface area contributed by atoms with Gasteiger partial charge in [0.2, 0.25) is 0 Å². The van der Waals surface area contributed by atoms with E-state index >= 15 is 0 Å². The van der Waals surface area contributed by atoms with Gasteiger partial charge in [-0.2, -0.15) is 0 Å². The van der Waals surface area contributed by atoms with E-state index in [4.69, 9.17) is 15.0 Å². The average molecular weight is 658 g/mol. The van der Waals surface area contributed by atoms with Crippen LogP contribution in [0.15, 0.2) is 165 Å². The van der Waals surface area contributed by atoms with Crippen molar-refractivity contribution in [3.8, 4) is 51.2 Å². The summed E-state index contributed by atoms with van der Waals surface area (Å²) < 4.78 is 6.50. The normalized spacial score (nSPS) is 11.5. The molecule has 0 radical (unpaired) electrons. The molecule has 0 N–H and O–H groups in total. The van der Waals surface area contributed by atoms with Crippen LogP contribution in [0.4, 0.5) is 0 Å². The van der Waals surface area contributed by atoms with Crippen molar-refractivity contribution in [1.82, 2.24) is 43.6 Å². The molecule has 4 aromatic carbocycles. The van der Waals surface area contributed by atoms with E-state index in [0.717, 1.165) is 84.3 Å². The number of hydrogen-bond acceptors (Lipinski definition) is 6. The number of imidazole rings is 3. The standard InChI is InChI=1S/C42H27N9/c1-4-16-37-34(13-1)46-40(49(37)31-10-7-19-43-25-31)28-22-29(41-47-35-14-2-5-17-38(35)50(41)32-11-8-20-44-26-32)24-30(23-28)42-48-36-15-3-6-18-39(36)51(42)33-12-9-21-45-27-33/h1-27H. The number of rotatable bonds is 6. The van der Waals surface area contributed by atoms with Crippen LogP contribution >= 0.6 is 0 Å². The summed E-state index contributed by atoms with van der Waals surface area (Å²) >= 11 is 0. The number of para-hydroxylation sites is 6. The summed E-state index contributed by atoms with van der Waals surface area (Å²) in [7, 11) is 0. The highest BCUT2D eigenvalue weighted by Crippen LogP contribution is 2.38. The zero-order chi connectivity index (χ0) is 33.7. The molecule has 0 fully saturated rings. The lowest BCUT2D eigenvalue weighted by atomic mass is 10.0. The van der Waals surface area contributed by atoms with Gasteiger partial charge in [0.05, 0.1) is 68.8 Å². The van der Waals surface area contributed by atoms with Crippen molar-refractivity contribution in [3.63, 3.8) is 0 Å². The highest BCUT2D eigenvalue weighted by atomic mass is 15.1. The van der Waals surface area contributed by atoms with Crippen LogP contribution in [0.1, 0.15) is 0 Å². The van der Waals surface area contributed by atoms with Gasteiger partial charge in [-0.15, -0.1) is 0 Å². The first kappa shape index (κ1) is 28.7. The van der Waals surface area contributed by atoms with Crippen LogP contribution < -0.4 is 0 Å². The Bertz CT molecular complexity index is 2530. The van der Waals surface area contributed by atoms with Gasteiger partial charge in [0.15, 0.2) is 0 Å². The van der Waals surface area contributed by atoms with Crippen molar-refractivity contribution < 1.29 is 0 Å². The molecule has 9 heteroatoms. The maximum atomic E-state index is 5.24. The Balaban J connectivity index is 1.31. The Morgan fingerprint density at radius 1 is 0.333 bits per heavy atom. The second-order valence-electron chi connectivity index (χ2n) is 12.2. The number of hydrogen-bond donors (Lipinski definition) is 0. The summed E-state index contributed by atoms with van der Waals surface area (Å²) in [4.78, 5) is 29.1. The molecule has 0 unspecified atom stereocenters. The van der Waals surface area contributed by atoms with E-state index in [2.05, 4.69) is 83.3 Å². The summed E-state index contributed by atoms with van der Waals surface area (Å²) in [5.74, 6) is 2.33. The van der Waals surface area contributed by atoms with E-state index in [1.165, 1.54) is 0 Å². The third kappa shape index (κ3) is 4.79. The zero-order valence-corrected chi connectivity index (χ0v) is 27.1. The molecule has 0 aliphatic carbocycles. The van der Waals surface area contributed by atoms with Crippen LogP contribution in [-0.4, -0.2) is 43.6 Å². The Kier molecular flexibility index (Phi) is 6.60. The predicted molar refractivity (Wildman–Crippen MR) is 200 cm³/mol.